The lowest BCUT2D eigenvalue weighted by atomic mass is 10.1. The second-order valence-electron chi connectivity index (χ2n) is 5.60. The van der Waals surface area contributed by atoms with Crippen LogP contribution in [0.25, 0.3) is 0 Å². The van der Waals surface area contributed by atoms with Gasteiger partial charge < -0.3 is 9.80 Å². The summed E-state index contributed by atoms with van der Waals surface area (Å²) in [6.45, 7) is 2.96. The van der Waals surface area contributed by atoms with E-state index in [4.69, 9.17) is 23.2 Å². The highest BCUT2D eigenvalue weighted by atomic mass is 35.5. The fourth-order valence-corrected chi connectivity index (χ4v) is 3.55. The number of halogens is 2. The third kappa shape index (κ3) is 3.82. The van der Waals surface area contributed by atoms with E-state index in [-0.39, 0.29) is 5.91 Å². The van der Waals surface area contributed by atoms with Crippen molar-refractivity contribution in [2.75, 3.05) is 37.3 Å². The highest BCUT2D eigenvalue weighted by Gasteiger charge is 2.24. The zero-order valence-electron chi connectivity index (χ0n) is 13.3. The smallest absolute Gasteiger partial charge is 0.255 e. The normalized spacial score (nSPS) is 14.8. The van der Waals surface area contributed by atoms with Crippen LogP contribution >= 0.6 is 35.0 Å². The Kier molecular flexibility index (Phi) is 5.59. The van der Waals surface area contributed by atoms with Crippen molar-refractivity contribution in [3.63, 3.8) is 0 Å². The Bertz CT molecular complexity index is 728. The number of hydrogen-bond donors (Lipinski definition) is 0. The van der Waals surface area contributed by atoms with E-state index in [1.807, 2.05) is 47.6 Å². The molecule has 1 fully saturated rings. The van der Waals surface area contributed by atoms with E-state index in [0.717, 1.165) is 28.7 Å². The molecule has 24 heavy (non-hydrogen) atoms. The molecule has 0 spiro atoms. The van der Waals surface area contributed by atoms with Crippen LogP contribution in [0.2, 0.25) is 10.0 Å². The number of anilines is 1. The average molecular weight is 381 g/mol. The maximum atomic E-state index is 12.8. The highest BCUT2D eigenvalue weighted by Crippen LogP contribution is 2.25. The minimum absolute atomic E-state index is 0.00616. The van der Waals surface area contributed by atoms with Gasteiger partial charge >= 0.3 is 0 Å². The fraction of sp³-hybridized carbons (Fsp3) is 0.278. The molecule has 0 atom stereocenters. The molecule has 0 radical (unpaired) electrons. The molecule has 0 unspecified atom stereocenters. The van der Waals surface area contributed by atoms with Crippen LogP contribution in [-0.4, -0.2) is 43.2 Å². The molecular weight excluding hydrogens is 363 g/mol. The minimum atomic E-state index is 0.00616. The van der Waals surface area contributed by atoms with Crippen LogP contribution in [0.4, 0.5) is 5.69 Å². The van der Waals surface area contributed by atoms with E-state index in [1.54, 1.807) is 17.8 Å². The van der Waals surface area contributed by atoms with E-state index in [0.29, 0.717) is 23.7 Å². The van der Waals surface area contributed by atoms with Crippen molar-refractivity contribution >= 4 is 46.6 Å². The topological polar surface area (TPSA) is 23.6 Å². The molecule has 2 aromatic rings. The van der Waals surface area contributed by atoms with E-state index >= 15 is 0 Å². The quantitative estimate of drug-likeness (QED) is 0.722. The molecule has 6 heteroatoms. The predicted octanol–water partition coefficient (Wildman–Crippen LogP) is 4.68. The molecule has 1 heterocycles. The molecule has 1 saturated heterocycles. The summed E-state index contributed by atoms with van der Waals surface area (Å²) in [5.41, 5.74) is 1.72. The van der Waals surface area contributed by atoms with Gasteiger partial charge in [0, 0.05) is 41.8 Å². The molecule has 2 aromatic carbocycles. The number of hydrogen-bond acceptors (Lipinski definition) is 3. The predicted molar refractivity (Wildman–Crippen MR) is 103 cm³/mol. The molecule has 3 rings (SSSR count). The van der Waals surface area contributed by atoms with Gasteiger partial charge in [0.25, 0.3) is 5.91 Å². The first kappa shape index (κ1) is 17.5. The van der Waals surface area contributed by atoms with Crippen molar-refractivity contribution in [1.82, 2.24) is 4.90 Å². The summed E-state index contributed by atoms with van der Waals surface area (Å²) < 4.78 is 0. The lowest BCUT2D eigenvalue weighted by molar-refractivity contribution is 0.0746. The lowest BCUT2D eigenvalue weighted by Gasteiger charge is -2.36. The summed E-state index contributed by atoms with van der Waals surface area (Å²) in [5.74, 6) is 0.00616. The summed E-state index contributed by atoms with van der Waals surface area (Å²) in [5, 5.41) is 1.24. The second-order valence-corrected chi connectivity index (χ2v) is 7.32. The zero-order chi connectivity index (χ0) is 17.1. The summed E-state index contributed by atoms with van der Waals surface area (Å²) in [6.07, 6.45) is 1.99. The second kappa shape index (κ2) is 7.68. The van der Waals surface area contributed by atoms with Crippen LogP contribution in [0, 0.1) is 0 Å². The molecule has 0 N–H and O–H groups in total. The van der Waals surface area contributed by atoms with Gasteiger partial charge in [-0.15, -0.1) is 11.8 Å². The Morgan fingerprint density at radius 1 is 1.00 bits per heavy atom. The van der Waals surface area contributed by atoms with Crippen molar-refractivity contribution in [2.24, 2.45) is 0 Å². The summed E-state index contributed by atoms with van der Waals surface area (Å²) >= 11 is 13.8. The maximum absolute atomic E-state index is 12.8. The third-order valence-corrected chi connectivity index (χ3v) is 5.47. The van der Waals surface area contributed by atoms with E-state index in [9.17, 15) is 4.79 Å². The van der Waals surface area contributed by atoms with Crippen LogP contribution in [-0.2, 0) is 0 Å². The molecule has 1 aliphatic rings. The molecule has 126 valence electrons. The minimum Gasteiger partial charge on any atom is -0.368 e. The monoisotopic (exact) mass is 380 g/mol. The number of piperazine rings is 1. The average Bonchev–Trinajstić information content (AvgIpc) is 2.62. The summed E-state index contributed by atoms with van der Waals surface area (Å²) in [6, 6.07) is 13.4. The van der Waals surface area contributed by atoms with E-state index in [2.05, 4.69) is 4.90 Å². The first-order valence-corrected chi connectivity index (χ1v) is 9.70. The van der Waals surface area contributed by atoms with Crippen LogP contribution in [0.15, 0.2) is 47.4 Å². The SMILES string of the molecule is CSc1ccc(Cl)c(C(=O)N2CCN(c3ccc(Cl)cc3)CC2)c1. The Labute approximate surface area is 156 Å². The Morgan fingerprint density at radius 2 is 1.67 bits per heavy atom. The molecular formula is C18H18Cl2N2OS. The maximum Gasteiger partial charge on any atom is 0.255 e. The number of thioether (sulfide) groups is 1. The molecule has 0 aromatic heterocycles. The molecule has 1 aliphatic heterocycles. The zero-order valence-corrected chi connectivity index (χ0v) is 15.7. The molecule has 0 aliphatic carbocycles. The Hall–Kier alpha value is -1.36. The largest absolute Gasteiger partial charge is 0.368 e. The van der Waals surface area contributed by atoms with Crippen molar-refractivity contribution in [2.45, 2.75) is 4.90 Å². The van der Waals surface area contributed by atoms with Gasteiger partial charge in [0.15, 0.2) is 0 Å². The van der Waals surface area contributed by atoms with Crippen LogP contribution in [0.5, 0.6) is 0 Å². The first-order valence-electron chi connectivity index (χ1n) is 7.72. The Balaban J connectivity index is 1.68. The van der Waals surface area contributed by atoms with Gasteiger partial charge in [-0.2, -0.15) is 0 Å². The van der Waals surface area contributed by atoms with Gasteiger partial charge in [0.2, 0.25) is 0 Å². The standard InChI is InChI=1S/C18H18Cl2N2OS/c1-24-15-6-7-17(20)16(12-15)18(23)22-10-8-21(9-11-22)14-4-2-13(19)3-5-14/h2-7,12H,8-11H2,1H3. The van der Waals surface area contributed by atoms with Gasteiger partial charge in [-0.25, -0.2) is 0 Å². The van der Waals surface area contributed by atoms with Crippen LogP contribution in [0.3, 0.4) is 0 Å². The molecule has 1 amide bonds. The van der Waals surface area contributed by atoms with E-state index < -0.39 is 0 Å². The van der Waals surface area contributed by atoms with Gasteiger partial charge in [-0.1, -0.05) is 23.2 Å². The number of rotatable bonds is 3. The molecule has 0 saturated carbocycles. The van der Waals surface area contributed by atoms with Gasteiger partial charge in [0.1, 0.15) is 0 Å². The third-order valence-electron chi connectivity index (χ3n) is 4.16. The highest BCUT2D eigenvalue weighted by molar-refractivity contribution is 7.98. The van der Waals surface area contributed by atoms with Crippen molar-refractivity contribution < 1.29 is 4.79 Å². The lowest BCUT2D eigenvalue weighted by Crippen LogP contribution is -2.48. The van der Waals surface area contributed by atoms with Crippen LogP contribution in [0.1, 0.15) is 10.4 Å². The van der Waals surface area contributed by atoms with Gasteiger partial charge in [0.05, 0.1) is 10.6 Å². The molecule has 3 nitrogen and oxygen atoms in total. The van der Waals surface area contributed by atoms with Crippen molar-refractivity contribution in [1.29, 1.82) is 0 Å². The first-order chi connectivity index (χ1) is 11.6. The number of carbonyl (C=O) groups is 1. The summed E-state index contributed by atoms with van der Waals surface area (Å²) in [4.78, 5) is 18.0. The van der Waals surface area contributed by atoms with Crippen molar-refractivity contribution in [3.05, 3.63) is 58.1 Å². The number of benzene rings is 2. The van der Waals surface area contributed by atoms with Gasteiger partial charge in [-0.3, -0.25) is 4.79 Å². The Morgan fingerprint density at radius 3 is 2.29 bits per heavy atom. The van der Waals surface area contributed by atoms with Gasteiger partial charge in [-0.05, 0) is 48.7 Å². The summed E-state index contributed by atoms with van der Waals surface area (Å²) in [7, 11) is 0. The number of carbonyl (C=O) groups excluding carboxylic acids is 1. The molecule has 0 bridgehead atoms. The number of amides is 1. The van der Waals surface area contributed by atoms with Crippen molar-refractivity contribution in [3.8, 4) is 0 Å². The fourth-order valence-electron chi connectivity index (χ4n) is 2.79. The van der Waals surface area contributed by atoms with E-state index in [1.165, 1.54) is 0 Å². The van der Waals surface area contributed by atoms with Crippen LogP contribution < -0.4 is 4.90 Å². The number of nitrogens with zero attached hydrogens (tertiary/aromatic N) is 2.